The Bertz CT molecular complexity index is 1760. The monoisotopic (exact) mass is 570 g/mol. The maximum absolute atomic E-state index is 13.8. The van der Waals surface area contributed by atoms with Gasteiger partial charge in [-0.1, -0.05) is 41.4 Å². The Morgan fingerprint density at radius 2 is 1.80 bits per heavy atom. The molecule has 4 aromatic rings. The van der Waals surface area contributed by atoms with E-state index in [2.05, 4.69) is 38.7 Å². The highest BCUT2D eigenvalue weighted by Gasteiger charge is 2.32. The van der Waals surface area contributed by atoms with E-state index in [0.29, 0.717) is 44.6 Å². The Balaban J connectivity index is 1.46. The zero-order valence-corrected chi connectivity index (χ0v) is 22.4. The van der Waals surface area contributed by atoms with Gasteiger partial charge in [0.2, 0.25) is 0 Å². The van der Waals surface area contributed by atoms with Gasteiger partial charge in [0.25, 0.3) is 0 Å². The molecule has 0 amide bonds. The fraction of sp³-hybridized carbons (Fsp3) is 0.138. The maximum Gasteiger partial charge on any atom is 0.141 e. The van der Waals surface area contributed by atoms with Crippen molar-refractivity contribution in [1.82, 2.24) is 21.0 Å². The molecular weight excluding hydrogens is 550 g/mol. The second-order valence-electron chi connectivity index (χ2n) is 9.50. The molecule has 11 heteroatoms. The van der Waals surface area contributed by atoms with Gasteiger partial charge in [-0.2, -0.15) is 10.5 Å². The molecule has 6 rings (SSSR count). The molecule has 4 N–H and O–H groups in total. The van der Waals surface area contributed by atoms with E-state index in [4.69, 9.17) is 23.2 Å². The minimum Gasteiger partial charge on any atom is -0.373 e. The molecule has 1 saturated carbocycles. The summed E-state index contributed by atoms with van der Waals surface area (Å²) in [6.45, 7) is 0. The van der Waals surface area contributed by atoms with Crippen molar-refractivity contribution in [3.05, 3.63) is 105 Å². The third-order valence-electron chi connectivity index (χ3n) is 6.79. The quantitative estimate of drug-likeness (QED) is 0.195. The second-order valence-corrected chi connectivity index (χ2v) is 10.3. The van der Waals surface area contributed by atoms with Crippen molar-refractivity contribution in [1.29, 1.82) is 10.5 Å². The van der Waals surface area contributed by atoms with Gasteiger partial charge in [-0.3, -0.25) is 9.99 Å². The smallest absolute Gasteiger partial charge is 0.141 e. The predicted octanol–water partition coefficient (Wildman–Crippen LogP) is 6.65. The lowest BCUT2D eigenvalue weighted by molar-refractivity contribution is 0.260. The van der Waals surface area contributed by atoms with Crippen molar-refractivity contribution in [2.24, 2.45) is 0 Å². The Kier molecular flexibility index (Phi) is 6.79. The Hall–Kier alpha value is -4.54. The average Bonchev–Trinajstić information content (AvgIpc) is 3.70. The molecule has 0 bridgehead atoms. The number of aromatic nitrogens is 1. The molecule has 1 aromatic heterocycles. The zero-order valence-electron chi connectivity index (χ0n) is 20.8. The summed E-state index contributed by atoms with van der Waals surface area (Å²) in [5.41, 5.74) is 10.6. The Morgan fingerprint density at radius 1 is 1.00 bits per heavy atom. The molecule has 1 fully saturated rings. The number of halogens is 3. The first-order chi connectivity index (χ1) is 19.4. The van der Waals surface area contributed by atoms with E-state index in [-0.39, 0.29) is 10.6 Å². The van der Waals surface area contributed by atoms with E-state index in [1.807, 2.05) is 41.5 Å². The minimum atomic E-state index is -0.555. The fourth-order valence-corrected chi connectivity index (χ4v) is 5.07. The summed E-state index contributed by atoms with van der Waals surface area (Å²) in [5.74, 6) is -0.555. The number of nitrogens with one attached hydrogen (secondary N) is 4. The van der Waals surface area contributed by atoms with Gasteiger partial charge in [0.1, 0.15) is 18.0 Å². The van der Waals surface area contributed by atoms with Crippen LogP contribution in [-0.4, -0.2) is 16.0 Å². The van der Waals surface area contributed by atoms with E-state index in [9.17, 15) is 14.9 Å². The highest BCUT2D eigenvalue weighted by atomic mass is 35.5. The molecule has 0 radical (unpaired) electrons. The number of hydrazine groups is 2. The summed E-state index contributed by atoms with van der Waals surface area (Å²) < 4.78 is 13.8. The summed E-state index contributed by atoms with van der Waals surface area (Å²) in [4.78, 5) is 4.40. The van der Waals surface area contributed by atoms with Gasteiger partial charge in [-0.25, -0.2) is 4.39 Å². The molecule has 1 atom stereocenters. The minimum absolute atomic E-state index is 0.0595. The lowest BCUT2D eigenvalue weighted by atomic mass is 10.0. The Morgan fingerprint density at radius 3 is 2.52 bits per heavy atom. The second kappa shape index (κ2) is 10.6. The molecule has 198 valence electrons. The van der Waals surface area contributed by atoms with Gasteiger partial charge in [-0.15, -0.1) is 5.53 Å². The number of hydrogen-bond acceptors (Lipinski definition) is 8. The van der Waals surface area contributed by atoms with Crippen molar-refractivity contribution in [3.63, 3.8) is 0 Å². The standard InChI is InChI=1S/C29H21Cl2FN8/c30-23-4-2-1-3-21(23)29(26-15-40(39-38-26)20-6-7-20)37-19-9-16(12-33)27-22(10-19)28(17(13-34)14-35-27)36-18-5-8-25(32)24(31)11-18/h1-5,8-11,14-15,20,29,37-39H,6-7H2,(H,35,36). The number of rotatable bonds is 7. The van der Waals surface area contributed by atoms with Gasteiger partial charge in [-0.05, 0) is 54.8 Å². The van der Waals surface area contributed by atoms with Gasteiger partial charge >= 0.3 is 0 Å². The van der Waals surface area contributed by atoms with Crippen molar-refractivity contribution in [2.45, 2.75) is 24.9 Å². The fourth-order valence-electron chi connectivity index (χ4n) is 4.65. The van der Waals surface area contributed by atoms with Crippen LogP contribution in [0.1, 0.15) is 35.6 Å². The highest BCUT2D eigenvalue weighted by molar-refractivity contribution is 6.31. The first-order valence-corrected chi connectivity index (χ1v) is 13.2. The summed E-state index contributed by atoms with van der Waals surface area (Å²) in [6, 6.07) is 19.7. The average molecular weight is 571 g/mol. The highest BCUT2D eigenvalue weighted by Crippen LogP contribution is 2.37. The van der Waals surface area contributed by atoms with Crippen molar-refractivity contribution < 1.29 is 4.39 Å². The number of fused-ring (bicyclic) bond motifs is 1. The normalized spacial score (nSPS) is 15.1. The van der Waals surface area contributed by atoms with E-state index >= 15 is 0 Å². The van der Waals surface area contributed by atoms with Crippen molar-refractivity contribution in [2.75, 3.05) is 10.6 Å². The van der Waals surface area contributed by atoms with Crippen LogP contribution in [-0.2, 0) is 0 Å². The molecule has 1 unspecified atom stereocenters. The molecule has 0 spiro atoms. The maximum atomic E-state index is 13.8. The Labute approximate surface area is 239 Å². The first-order valence-electron chi connectivity index (χ1n) is 12.5. The molecule has 2 heterocycles. The number of pyridine rings is 1. The summed E-state index contributed by atoms with van der Waals surface area (Å²) in [7, 11) is 0. The molecule has 2 aliphatic rings. The van der Waals surface area contributed by atoms with E-state index in [1.165, 1.54) is 24.4 Å². The molecular formula is C29H21Cl2FN8. The third-order valence-corrected chi connectivity index (χ3v) is 7.42. The van der Waals surface area contributed by atoms with Crippen LogP contribution in [0.2, 0.25) is 10.0 Å². The topological polar surface area (TPSA) is 112 Å². The number of nitriles is 2. The number of nitrogens with zero attached hydrogens (tertiary/aromatic N) is 4. The van der Waals surface area contributed by atoms with Gasteiger partial charge in [0.15, 0.2) is 0 Å². The van der Waals surface area contributed by atoms with E-state index in [0.717, 1.165) is 24.1 Å². The predicted molar refractivity (Wildman–Crippen MR) is 153 cm³/mol. The lowest BCUT2D eigenvalue weighted by Gasteiger charge is -2.23. The van der Waals surface area contributed by atoms with Crippen LogP contribution in [0.25, 0.3) is 10.9 Å². The van der Waals surface area contributed by atoms with Crippen LogP contribution in [0.4, 0.5) is 21.5 Å². The van der Waals surface area contributed by atoms with Crippen LogP contribution < -0.4 is 21.6 Å². The van der Waals surface area contributed by atoms with Crippen LogP contribution >= 0.6 is 23.2 Å². The lowest BCUT2D eigenvalue weighted by Crippen LogP contribution is -2.38. The van der Waals surface area contributed by atoms with Crippen LogP contribution in [0, 0.1) is 28.5 Å². The van der Waals surface area contributed by atoms with E-state index < -0.39 is 11.9 Å². The number of anilines is 3. The molecule has 8 nitrogen and oxygen atoms in total. The number of hydrogen-bond donors (Lipinski definition) is 4. The first kappa shape index (κ1) is 25.7. The zero-order chi connectivity index (χ0) is 27.8. The van der Waals surface area contributed by atoms with Crippen molar-refractivity contribution in [3.8, 4) is 12.1 Å². The molecule has 1 aliphatic carbocycles. The van der Waals surface area contributed by atoms with Gasteiger partial charge in [0, 0.05) is 40.2 Å². The third kappa shape index (κ3) is 4.94. The van der Waals surface area contributed by atoms with Gasteiger partial charge in [0.05, 0.1) is 39.1 Å². The van der Waals surface area contributed by atoms with Crippen LogP contribution in [0.15, 0.2) is 72.7 Å². The van der Waals surface area contributed by atoms with Crippen LogP contribution in [0.3, 0.4) is 0 Å². The summed E-state index contributed by atoms with van der Waals surface area (Å²) in [6.07, 6.45) is 5.65. The molecule has 0 saturated heterocycles. The number of benzene rings is 3. The molecule has 3 aromatic carbocycles. The molecule has 1 aliphatic heterocycles. The largest absolute Gasteiger partial charge is 0.373 e. The SMILES string of the molecule is N#Cc1cnc2c(C#N)cc(NC(C3=CN(C4CC4)NN3)c3ccccc3Cl)cc2c1Nc1ccc(F)c(Cl)c1. The molecule has 40 heavy (non-hydrogen) atoms. The summed E-state index contributed by atoms with van der Waals surface area (Å²) >= 11 is 12.6. The van der Waals surface area contributed by atoms with E-state index in [1.54, 1.807) is 6.07 Å². The van der Waals surface area contributed by atoms with Crippen molar-refractivity contribution >= 4 is 51.2 Å². The van der Waals surface area contributed by atoms with Crippen LogP contribution in [0.5, 0.6) is 0 Å². The van der Waals surface area contributed by atoms with Gasteiger partial charge < -0.3 is 16.1 Å². The summed E-state index contributed by atoms with van der Waals surface area (Å²) in [5, 5.41) is 29.7.